The maximum absolute atomic E-state index is 12.6. The van der Waals surface area contributed by atoms with E-state index in [1.807, 2.05) is 18.2 Å². The van der Waals surface area contributed by atoms with Crippen LogP contribution in [-0.2, 0) is 0 Å². The standard InChI is InChI=1S/C19H24N2O2S/c1-23-18-8-4-3-7-16(18)19(22)20-13-17(15-9-12-24-14-15)21-10-5-2-6-11-21/h3-4,7-9,12,14,17H,2,5-6,10-11,13H2,1H3,(H,20,22). The highest BCUT2D eigenvalue weighted by molar-refractivity contribution is 7.07. The molecule has 1 aliphatic heterocycles. The SMILES string of the molecule is COc1ccccc1C(=O)NCC(c1ccsc1)N1CCCCC1. The van der Waals surface area contributed by atoms with E-state index in [0.717, 1.165) is 13.1 Å². The van der Waals surface area contributed by atoms with Crippen molar-refractivity contribution >= 4 is 17.2 Å². The van der Waals surface area contributed by atoms with Gasteiger partial charge in [-0.3, -0.25) is 9.69 Å². The van der Waals surface area contributed by atoms with E-state index in [-0.39, 0.29) is 11.9 Å². The van der Waals surface area contributed by atoms with Crippen molar-refractivity contribution < 1.29 is 9.53 Å². The van der Waals surface area contributed by atoms with Crippen molar-refractivity contribution in [2.45, 2.75) is 25.3 Å². The summed E-state index contributed by atoms with van der Waals surface area (Å²) in [5.74, 6) is 0.532. The van der Waals surface area contributed by atoms with Crippen molar-refractivity contribution in [3.8, 4) is 5.75 Å². The molecule has 1 amide bonds. The Kier molecular flexibility index (Phi) is 5.88. The average Bonchev–Trinajstić information content (AvgIpc) is 3.17. The van der Waals surface area contributed by atoms with Gasteiger partial charge in [0.1, 0.15) is 5.75 Å². The summed E-state index contributed by atoms with van der Waals surface area (Å²) >= 11 is 1.71. The summed E-state index contributed by atoms with van der Waals surface area (Å²) in [7, 11) is 1.59. The van der Waals surface area contributed by atoms with Gasteiger partial charge in [0.05, 0.1) is 18.7 Å². The van der Waals surface area contributed by atoms with E-state index in [0.29, 0.717) is 17.9 Å². The van der Waals surface area contributed by atoms with Crippen molar-refractivity contribution in [1.29, 1.82) is 0 Å². The lowest BCUT2D eigenvalue weighted by Gasteiger charge is -2.34. The predicted octanol–water partition coefficient (Wildman–Crippen LogP) is 3.71. The fourth-order valence-electron chi connectivity index (χ4n) is 3.27. The van der Waals surface area contributed by atoms with E-state index < -0.39 is 0 Å². The van der Waals surface area contributed by atoms with Gasteiger partial charge < -0.3 is 10.1 Å². The number of para-hydroxylation sites is 1. The molecule has 1 N–H and O–H groups in total. The Balaban J connectivity index is 1.70. The molecule has 0 saturated carbocycles. The van der Waals surface area contributed by atoms with E-state index in [9.17, 15) is 4.79 Å². The third-order valence-electron chi connectivity index (χ3n) is 4.57. The van der Waals surface area contributed by atoms with E-state index in [4.69, 9.17) is 4.74 Å². The summed E-state index contributed by atoms with van der Waals surface area (Å²) in [5.41, 5.74) is 1.88. The van der Waals surface area contributed by atoms with Crippen LogP contribution in [0.4, 0.5) is 0 Å². The third kappa shape index (κ3) is 3.97. The molecule has 0 bridgehead atoms. The number of methoxy groups -OCH3 is 1. The lowest BCUT2D eigenvalue weighted by molar-refractivity contribution is 0.0921. The first-order valence-corrected chi connectivity index (χ1v) is 9.41. The molecular formula is C19H24N2O2S. The second-order valence-corrected chi connectivity index (χ2v) is 6.86. The Morgan fingerprint density at radius 2 is 2.04 bits per heavy atom. The number of rotatable bonds is 6. The number of hydrogen-bond donors (Lipinski definition) is 1. The van der Waals surface area contributed by atoms with Crippen LogP contribution < -0.4 is 10.1 Å². The lowest BCUT2D eigenvalue weighted by Crippen LogP contribution is -2.40. The van der Waals surface area contributed by atoms with Crippen molar-refractivity contribution in [3.05, 3.63) is 52.2 Å². The third-order valence-corrected chi connectivity index (χ3v) is 5.27. The van der Waals surface area contributed by atoms with Gasteiger partial charge in [0.25, 0.3) is 5.91 Å². The van der Waals surface area contributed by atoms with E-state index in [1.54, 1.807) is 24.5 Å². The maximum atomic E-state index is 12.6. The molecule has 0 radical (unpaired) electrons. The van der Waals surface area contributed by atoms with E-state index >= 15 is 0 Å². The van der Waals surface area contributed by atoms with Crippen LogP contribution in [0.3, 0.4) is 0 Å². The van der Waals surface area contributed by atoms with Crippen LogP contribution in [0.25, 0.3) is 0 Å². The quantitative estimate of drug-likeness (QED) is 0.868. The second kappa shape index (κ2) is 8.31. The minimum atomic E-state index is -0.0790. The predicted molar refractivity (Wildman–Crippen MR) is 97.8 cm³/mol. The fraction of sp³-hybridized carbons (Fsp3) is 0.421. The number of benzene rings is 1. The summed E-state index contributed by atoms with van der Waals surface area (Å²) < 4.78 is 5.29. The zero-order chi connectivity index (χ0) is 16.8. The van der Waals surface area contributed by atoms with Crippen LogP contribution in [0.1, 0.15) is 41.2 Å². The molecule has 128 valence electrons. The lowest BCUT2D eigenvalue weighted by atomic mass is 10.0. The van der Waals surface area contributed by atoms with Crippen LogP contribution in [0, 0.1) is 0 Å². The molecule has 2 heterocycles. The van der Waals surface area contributed by atoms with Crippen LogP contribution in [0.2, 0.25) is 0 Å². The van der Waals surface area contributed by atoms with Gasteiger partial charge in [-0.05, 0) is 60.5 Å². The Hall–Kier alpha value is -1.85. The molecule has 1 aromatic carbocycles. The van der Waals surface area contributed by atoms with E-state index in [2.05, 4.69) is 27.0 Å². The molecule has 0 aliphatic carbocycles. The number of hydrogen-bond acceptors (Lipinski definition) is 4. The Bertz CT molecular complexity index is 651. The highest BCUT2D eigenvalue weighted by atomic mass is 32.1. The van der Waals surface area contributed by atoms with Crippen LogP contribution >= 0.6 is 11.3 Å². The molecule has 1 fully saturated rings. The summed E-state index contributed by atoms with van der Waals surface area (Å²) in [6.45, 7) is 2.82. The monoisotopic (exact) mass is 344 g/mol. The van der Waals surface area contributed by atoms with Gasteiger partial charge in [0.2, 0.25) is 0 Å². The first kappa shape index (κ1) is 17.0. The van der Waals surface area contributed by atoms with Gasteiger partial charge in [-0.25, -0.2) is 0 Å². The van der Waals surface area contributed by atoms with Gasteiger partial charge in [0, 0.05) is 6.54 Å². The Morgan fingerprint density at radius 1 is 1.25 bits per heavy atom. The van der Waals surface area contributed by atoms with Crippen LogP contribution in [0.15, 0.2) is 41.1 Å². The number of amides is 1. The van der Waals surface area contributed by atoms with Gasteiger partial charge in [0.15, 0.2) is 0 Å². The summed E-state index contributed by atoms with van der Waals surface area (Å²) in [6, 6.07) is 9.76. The normalized spacial score (nSPS) is 16.5. The van der Waals surface area contributed by atoms with Crippen molar-refractivity contribution in [2.24, 2.45) is 0 Å². The molecule has 3 rings (SSSR count). The van der Waals surface area contributed by atoms with Gasteiger partial charge in [-0.15, -0.1) is 0 Å². The molecule has 5 heteroatoms. The Morgan fingerprint density at radius 3 is 2.75 bits per heavy atom. The van der Waals surface area contributed by atoms with Crippen LogP contribution in [-0.4, -0.2) is 37.6 Å². The number of likely N-dealkylation sites (tertiary alicyclic amines) is 1. The van der Waals surface area contributed by atoms with Crippen molar-refractivity contribution in [3.63, 3.8) is 0 Å². The second-order valence-electron chi connectivity index (χ2n) is 6.08. The number of piperidine rings is 1. The first-order valence-electron chi connectivity index (χ1n) is 8.47. The number of carbonyl (C=O) groups is 1. The topological polar surface area (TPSA) is 41.6 Å². The zero-order valence-electron chi connectivity index (χ0n) is 14.0. The molecule has 0 spiro atoms. The zero-order valence-corrected chi connectivity index (χ0v) is 14.8. The molecule has 1 unspecified atom stereocenters. The highest BCUT2D eigenvalue weighted by Gasteiger charge is 2.23. The number of nitrogens with one attached hydrogen (secondary N) is 1. The van der Waals surface area contributed by atoms with Crippen molar-refractivity contribution in [1.82, 2.24) is 10.2 Å². The first-order chi connectivity index (χ1) is 11.8. The minimum absolute atomic E-state index is 0.0790. The molecule has 24 heavy (non-hydrogen) atoms. The van der Waals surface area contributed by atoms with Gasteiger partial charge in [-0.2, -0.15) is 11.3 Å². The van der Waals surface area contributed by atoms with Crippen molar-refractivity contribution in [2.75, 3.05) is 26.7 Å². The smallest absolute Gasteiger partial charge is 0.255 e. The minimum Gasteiger partial charge on any atom is -0.496 e. The highest BCUT2D eigenvalue weighted by Crippen LogP contribution is 2.26. The molecule has 2 aromatic rings. The number of carbonyl (C=O) groups excluding carboxylic acids is 1. The summed E-state index contributed by atoms with van der Waals surface area (Å²) in [5, 5.41) is 7.40. The number of ether oxygens (including phenoxy) is 1. The summed E-state index contributed by atoms with van der Waals surface area (Å²) in [6.07, 6.45) is 3.78. The molecule has 1 aliphatic rings. The van der Waals surface area contributed by atoms with Gasteiger partial charge >= 0.3 is 0 Å². The largest absolute Gasteiger partial charge is 0.496 e. The average molecular weight is 344 g/mol. The molecule has 1 saturated heterocycles. The molecular weight excluding hydrogens is 320 g/mol. The van der Waals surface area contributed by atoms with Crippen LogP contribution in [0.5, 0.6) is 5.75 Å². The number of nitrogens with zero attached hydrogens (tertiary/aromatic N) is 1. The van der Waals surface area contributed by atoms with E-state index in [1.165, 1.54) is 24.8 Å². The Labute approximate surface area is 147 Å². The molecule has 1 atom stereocenters. The van der Waals surface area contributed by atoms with Gasteiger partial charge in [-0.1, -0.05) is 18.6 Å². The molecule has 1 aromatic heterocycles. The maximum Gasteiger partial charge on any atom is 0.255 e. The fourth-order valence-corrected chi connectivity index (χ4v) is 3.98. The molecule has 4 nitrogen and oxygen atoms in total. The summed E-state index contributed by atoms with van der Waals surface area (Å²) in [4.78, 5) is 15.1. The number of thiophene rings is 1.